The van der Waals surface area contributed by atoms with Crippen LogP contribution in [0.2, 0.25) is 0 Å². The Kier molecular flexibility index (Phi) is 7.66. The van der Waals surface area contributed by atoms with Gasteiger partial charge in [-0.2, -0.15) is 0 Å². The van der Waals surface area contributed by atoms with E-state index < -0.39 is 40.3 Å². The molecule has 1 unspecified atom stereocenters. The third-order valence-corrected chi connectivity index (χ3v) is 10.9. The second kappa shape index (κ2) is 10.3. The van der Waals surface area contributed by atoms with Gasteiger partial charge in [0.2, 0.25) is 0 Å². The van der Waals surface area contributed by atoms with Crippen LogP contribution in [-0.4, -0.2) is 96.9 Å². The zero-order chi connectivity index (χ0) is 30.1. The standard InChI is InChI=1S/C31H47NO9/c1-17(2)29(36)18(3)25-31(41-25)28(6)12-11-21(26(35)37-14-10-9-13-32(7)8)22(16-38-19(4)33)23(28)15-24-30(31,40-24)27(29)39-20(5)34/h17-18,23-25,27,36H,9-16H2,1-8H3/t18?,23-,24-,25-,27+,28-,29-,30+,31+/m0/s1. The fourth-order valence-corrected chi connectivity index (χ4v) is 8.78. The highest BCUT2D eigenvalue weighted by atomic mass is 16.7. The minimum atomic E-state index is -1.33. The molecule has 10 nitrogen and oxygen atoms in total. The van der Waals surface area contributed by atoms with Crippen molar-refractivity contribution in [2.45, 2.75) is 109 Å². The molecular formula is C31H47NO9. The predicted octanol–water partition coefficient (Wildman–Crippen LogP) is 2.79. The summed E-state index contributed by atoms with van der Waals surface area (Å²) in [6, 6.07) is 0. The van der Waals surface area contributed by atoms with Gasteiger partial charge in [-0.15, -0.1) is 0 Å². The van der Waals surface area contributed by atoms with Crippen LogP contribution in [0.1, 0.15) is 73.6 Å². The number of carbonyl (C=O) groups is 3. The maximum atomic E-state index is 13.4. The first-order valence-corrected chi connectivity index (χ1v) is 15.1. The number of aliphatic hydroxyl groups is 1. The van der Waals surface area contributed by atoms with Gasteiger partial charge in [0, 0.05) is 30.8 Å². The quantitative estimate of drug-likeness (QED) is 0.179. The van der Waals surface area contributed by atoms with Crippen molar-refractivity contribution >= 4 is 17.9 Å². The molecule has 5 rings (SSSR count). The van der Waals surface area contributed by atoms with Crippen molar-refractivity contribution in [2.75, 3.05) is 33.9 Å². The number of carbonyl (C=O) groups excluding carboxylic acids is 3. The molecular weight excluding hydrogens is 530 g/mol. The molecule has 0 aromatic heterocycles. The van der Waals surface area contributed by atoms with E-state index in [9.17, 15) is 19.5 Å². The van der Waals surface area contributed by atoms with Crippen LogP contribution in [-0.2, 0) is 38.1 Å². The lowest BCUT2D eigenvalue weighted by atomic mass is 9.44. The maximum Gasteiger partial charge on any atom is 0.334 e. The Morgan fingerprint density at radius 3 is 2.41 bits per heavy atom. The summed E-state index contributed by atoms with van der Waals surface area (Å²) < 4.78 is 30.4. The summed E-state index contributed by atoms with van der Waals surface area (Å²) in [7, 11) is 4.02. The number of unbranched alkanes of at least 4 members (excludes halogenated alkanes) is 1. The zero-order valence-corrected chi connectivity index (χ0v) is 25.8. The van der Waals surface area contributed by atoms with Crippen LogP contribution in [0.3, 0.4) is 0 Å². The summed E-state index contributed by atoms with van der Waals surface area (Å²) in [6.07, 6.45) is 1.75. The number of esters is 3. The number of hydrogen-bond acceptors (Lipinski definition) is 10. The summed E-state index contributed by atoms with van der Waals surface area (Å²) >= 11 is 0. The summed E-state index contributed by atoms with van der Waals surface area (Å²) in [5.74, 6) is -1.96. The van der Waals surface area contributed by atoms with Crippen molar-refractivity contribution < 1.29 is 43.2 Å². The predicted molar refractivity (Wildman–Crippen MR) is 148 cm³/mol. The minimum absolute atomic E-state index is 0.0000208. The summed E-state index contributed by atoms with van der Waals surface area (Å²) in [5.41, 5.74) is -2.29. The topological polar surface area (TPSA) is 127 Å². The molecule has 2 aliphatic heterocycles. The SMILES string of the molecule is CC(=O)OCC1=C(C(=O)OCCCCN(C)C)CC[C@@]2(C)[C@H]1C[C@@H]1O[C@@]13[C@H](OC(C)=O)[C@](O)(C(C)C)C(C)[C@@H]1O[C@@]132. The van der Waals surface area contributed by atoms with Crippen molar-refractivity contribution in [2.24, 2.45) is 23.2 Å². The van der Waals surface area contributed by atoms with E-state index in [1.165, 1.54) is 13.8 Å². The third-order valence-electron chi connectivity index (χ3n) is 10.9. The van der Waals surface area contributed by atoms with E-state index in [-0.39, 0.29) is 42.5 Å². The Bertz CT molecular complexity index is 1130. The summed E-state index contributed by atoms with van der Waals surface area (Å²) in [6.45, 7) is 12.0. The first-order chi connectivity index (χ1) is 19.2. The van der Waals surface area contributed by atoms with Crippen LogP contribution >= 0.6 is 0 Å². The molecule has 5 aliphatic rings. The fraction of sp³-hybridized carbons (Fsp3) is 0.839. The highest BCUT2D eigenvalue weighted by Gasteiger charge is 2.96. The van der Waals surface area contributed by atoms with Crippen molar-refractivity contribution in [3.05, 3.63) is 11.1 Å². The minimum Gasteiger partial charge on any atom is -0.462 e. The number of epoxide rings is 2. The molecule has 0 aromatic rings. The van der Waals surface area contributed by atoms with Gasteiger partial charge < -0.3 is 33.7 Å². The van der Waals surface area contributed by atoms with Gasteiger partial charge in [0.05, 0.1) is 18.8 Å². The molecule has 0 radical (unpaired) electrons. The van der Waals surface area contributed by atoms with Crippen molar-refractivity contribution in [3.8, 4) is 0 Å². The van der Waals surface area contributed by atoms with Crippen LogP contribution in [0.4, 0.5) is 0 Å². The second-order valence-corrected chi connectivity index (χ2v) is 13.6. The Morgan fingerprint density at radius 1 is 1.10 bits per heavy atom. The van der Waals surface area contributed by atoms with Crippen molar-refractivity contribution in [3.63, 3.8) is 0 Å². The highest BCUT2D eigenvalue weighted by molar-refractivity contribution is 5.90. The Balaban J connectivity index is 1.49. The monoisotopic (exact) mass is 577 g/mol. The largest absolute Gasteiger partial charge is 0.462 e. The molecule has 230 valence electrons. The van der Waals surface area contributed by atoms with Crippen LogP contribution in [0, 0.1) is 23.2 Å². The molecule has 0 bridgehead atoms. The molecule has 0 amide bonds. The lowest BCUT2D eigenvalue weighted by Crippen LogP contribution is -2.74. The van der Waals surface area contributed by atoms with Crippen LogP contribution in [0.15, 0.2) is 11.1 Å². The number of hydrogen-bond donors (Lipinski definition) is 1. The van der Waals surface area contributed by atoms with Gasteiger partial charge in [-0.3, -0.25) is 9.59 Å². The number of rotatable bonds is 10. The molecule has 9 atom stereocenters. The molecule has 2 saturated carbocycles. The van der Waals surface area contributed by atoms with E-state index in [1.807, 2.05) is 34.9 Å². The molecule has 3 aliphatic carbocycles. The van der Waals surface area contributed by atoms with Crippen molar-refractivity contribution in [1.29, 1.82) is 0 Å². The molecule has 0 aromatic carbocycles. The third kappa shape index (κ3) is 4.30. The van der Waals surface area contributed by atoms with Gasteiger partial charge in [0.15, 0.2) is 11.7 Å². The van der Waals surface area contributed by atoms with E-state index in [0.29, 0.717) is 31.4 Å². The Hall–Kier alpha value is -2.01. The van der Waals surface area contributed by atoms with Gasteiger partial charge in [-0.05, 0) is 70.2 Å². The van der Waals surface area contributed by atoms with Gasteiger partial charge in [-0.25, -0.2) is 4.79 Å². The first kappa shape index (κ1) is 30.4. The highest BCUT2D eigenvalue weighted by Crippen LogP contribution is 2.80. The van der Waals surface area contributed by atoms with Crippen LogP contribution < -0.4 is 0 Å². The molecule has 4 fully saturated rings. The normalized spacial score (nSPS) is 42.1. The van der Waals surface area contributed by atoms with Gasteiger partial charge >= 0.3 is 17.9 Å². The molecule has 2 saturated heterocycles. The average Bonchev–Trinajstić information content (AvgIpc) is 3.79. The van der Waals surface area contributed by atoms with E-state index in [4.69, 9.17) is 23.7 Å². The van der Waals surface area contributed by atoms with E-state index in [0.717, 1.165) is 25.0 Å². The van der Waals surface area contributed by atoms with Crippen LogP contribution in [0.25, 0.3) is 0 Å². The Labute approximate surface area is 243 Å². The lowest BCUT2D eigenvalue weighted by molar-refractivity contribution is -0.219. The molecule has 41 heavy (non-hydrogen) atoms. The van der Waals surface area contributed by atoms with Gasteiger partial charge in [-0.1, -0.05) is 27.7 Å². The smallest absolute Gasteiger partial charge is 0.334 e. The number of nitrogens with zero attached hydrogens (tertiary/aromatic N) is 1. The van der Waals surface area contributed by atoms with Crippen LogP contribution in [0.5, 0.6) is 0 Å². The van der Waals surface area contributed by atoms with E-state index in [1.54, 1.807) is 0 Å². The average molecular weight is 578 g/mol. The molecule has 2 heterocycles. The van der Waals surface area contributed by atoms with E-state index in [2.05, 4.69) is 11.8 Å². The number of ether oxygens (including phenoxy) is 5. The molecule has 10 heteroatoms. The maximum absolute atomic E-state index is 13.4. The zero-order valence-electron chi connectivity index (χ0n) is 25.8. The molecule has 1 N–H and O–H groups in total. The van der Waals surface area contributed by atoms with Crippen molar-refractivity contribution in [1.82, 2.24) is 4.90 Å². The second-order valence-electron chi connectivity index (χ2n) is 13.6. The van der Waals surface area contributed by atoms with Gasteiger partial charge in [0.1, 0.15) is 17.8 Å². The van der Waals surface area contributed by atoms with E-state index >= 15 is 0 Å². The number of fused-ring (bicyclic) bond motifs is 1. The fourth-order valence-electron chi connectivity index (χ4n) is 8.78. The molecule has 2 spiro atoms. The Morgan fingerprint density at radius 2 is 1.80 bits per heavy atom. The first-order valence-electron chi connectivity index (χ1n) is 15.1. The summed E-state index contributed by atoms with van der Waals surface area (Å²) in [5, 5.41) is 12.1. The lowest BCUT2D eigenvalue weighted by Gasteiger charge is -2.58. The van der Waals surface area contributed by atoms with Gasteiger partial charge in [0.25, 0.3) is 0 Å². The summed E-state index contributed by atoms with van der Waals surface area (Å²) in [4.78, 5) is 39.8.